The van der Waals surface area contributed by atoms with Gasteiger partial charge in [0.05, 0.1) is 22.4 Å². The molecule has 3 N–H and O–H groups in total. The summed E-state index contributed by atoms with van der Waals surface area (Å²) in [5.41, 5.74) is 1.90. The van der Waals surface area contributed by atoms with Crippen LogP contribution >= 0.6 is 11.3 Å². The van der Waals surface area contributed by atoms with Crippen LogP contribution in [0.5, 0.6) is 0 Å². The molecule has 3 aromatic rings. The first-order chi connectivity index (χ1) is 13.8. The van der Waals surface area contributed by atoms with E-state index in [2.05, 4.69) is 15.4 Å². The number of anilines is 2. The molecule has 0 unspecified atom stereocenters. The van der Waals surface area contributed by atoms with Crippen molar-refractivity contribution in [2.24, 2.45) is 0 Å². The standard InChI is InChI=1S/C20H19N3O4S2/c1-29(26,27)23-15-7-4-6-14(12-15)13-21-19(24)16-8-2-3-9-17(16)22-20(25)18-10-5-11-28-18/h2-12,23H,13H2,1H3,(H,21,24)(H,22,25). The molecule has 3 rings (SSSR count). The monoisotopic (exact) mass is 429 g/mol. The zero-order valence-corrected chi connectivity index (χ0v) is 17.1. The highest BCUT2D eigenvalue weighted by molar-refractivity contribution is 7.92. The number of sulfonamides is 1. The van der Waals surface area contributed by atoms with E-state index in [4.69, 9.17) is 0 Å². The molecule has 2 amide bonds. The second kappa shape index (κ2) is 8.89. The van der Waals surface area contributed by atoms with Gasteiger partial charge in [-0.05, 0) is 41.3 Å². The Kier molecular flexibility index (Phi) is 6.30. The molecule has 0 spiro atoms. The second-order valence-corrected chi connectivity index (χ2v) is 8.93. The number of hydrogen-bond acceptors (Lipinski definition) is 5. The maximum atomic E-state index is 12.6. The maximum absolute atomic E-state index is 12.6. The van der Waals surface area contributed by atoms with E-state index in [1.54, 1.807) is 66.0 Å². The Labute approximate surface area is 172 Å². The third-order valence-corrected chi connectivity index (χ3v) is 5.32. The lowest BCUT2D eigenvalue weighted by Crippen LogP contribution is -2.24. The summed E-state index contributed by atoms with van der Waals surface area (Å²) in [6.07, 6.45) is 1.07. The van der Waals surface area contributed by atoms with Gasteiger partial charge in [0.15, 0.2) is 0 Å². The van der Waals surface area contributed by atoms with Crippen molar-refractivity contribution in [3.63, 3.8) is 0 Å². The number of carbonyl (C=O) groups excluding carboxylic acids is 2. The van der Waals surface area contributed by atoms with Gasteiger partial charge in [-0.15, -0.1) is 11.3 Å². The molecule has 0 aliphatic carbocycles. The van der Waals surface area contributed by atoms with E-state index in [-0.39, 0.29) is 18.4 Å². The number of hydrogen-bond donors (Lipinski definition) is 3. The molecule has 2 aromatic carbocycles. The summed E-state index contributed by atoms with van der Waals surface area (Å²) in [5.74, 6) is -0.631. The van der Waals surface area contributed by atoms with Crippen LogP contribution in [0.4, 0.5) is 11.4 Å². The number of carbonyl (C=O) groups is 2. The number of amides is 2. The molecule has 1 heterocycles. The zero-order chi connectivity index (χ0) is 20.9. The van der Waals surface area contributed by atoms with Crippen LogP contribution in [0.25, 0.3) is 0 Å². The first-order valence-corrected chi connectivity index (χ1v) is 11.4. The second-order valence-electron chi connectivity index (χ2n) is 6.23. The van der Waals surface area contributed by atoms with E-state index in [0.717, 1.165) is 11.8 Å². The van der Waals surface area contributed by atoms with Crippen LogP contribution in [0.15, 0.2) is 66.0 Å². The molecule has 0 atom stereocenters. The van der Waals surface area contributed by atoms with Gasteiger partial charge in [-0.3, -0.25) is 14.3 Å². The van der Waals surface area contributed by atoms with Crippen LogP contribution in [0.2, 0.25) is 0 Å². The molecule has 0 aliphatic rings. The molecule has 0 saturated carbocycles. The fourth-order valence-corrected chi connectivity index (χ4v) is 3.79. The van der Waals surface area contributed by atoms with Gasteiger partial charge >= 0.3 is 0 Å². The molecule has 29 heavy (non-hydrogen) atoms. The SMILES string of the molecule is CS(=O)(=O)Nc1cccc(CNC(=O)c2ccccc2NC(=O)c2cccs2)c1. The van der Waals surface area contributed by atoms with E-state index < -0.39 is 10.0 Å². The topological polar surface area (TPSA) is 104 Å². The average molecular weight is 430 g/mol. The maximum Gasteiger partial charge on any atom is 0.265 e. The van der Waals surface area contributed by atoms with Crippen molar-refractivity contribution in [2.45, 2.75) is 6.54 Å². The van der Waals surface area contributed by atoms with E-state index in [0.29, 0.717) is 21.8 Å². The lowest BCUT2D eigenvalue weighted by molar-refractivity contribution is 0.0951. The van der Waals surface area contributed by atoms with Crippen LogP contribution < -0.4 is 15.4 Å². The number of nitrogens with one attached hydrogen (secondary N) is 3. The van der Waals surface area contributed by atoms with Crippen molar-refractivity contribution in [1.82, 2.24) is 5.32 Å². The quantitative estimate of drug-likeness (QED) is 0.536. The predicted octanol–water partition coefficient (Wildman–Crippen LogP) is 3.30. The Morgan fingerprint density at radius 3 is 2.48 bits per heavy atom. The van der Waals surface area contributed by atoms with Gasteiger partial charge in [0.1, 0.15) is 0 Å². The summed E-state index contributed by atoms with van der Waals surface area (Å²) in [5, 5.41) is 7.36. The highest BCUT2D eigenvalue weighted by Crippen LogP contribution is 2.18. The highest BCUT2D eigenvalue weighted by Gasteiger charge is 2.14. The minimum Gasteiger partial charge on any atom is -0.348 e. The summed E-state index contributed by atoms with van der Waals surface area (Å²) in [7, 11) is -3.38. The first-order valence-electron chi connectivity index (χ1n) is 8.60. The summed E-state index contributed by atoms with van der Waals surface area (Å²) < 4.78 is 25.1. The lowest BCUT2D eigenvalue weighted by atomic mass is 10.1. The van der Waals surface area contributed by atoms with Crippen LogP contribution in [0.3, 0.4) is 0 Å². The van der Waals surface area contributed by atoms with Crippen molar-refractivity contribution in [2.75, 3.05) is 16.3 Å². The molecule has 0 fully saturated rings. The summed E-state index contributed by atoms with van der Waals surface area (Å²) >= 11 is 1.32. The van der Waals surface area contributed by atoms with Gasteiger partial charge in [0, 0.05) is 12.2 Å². The summed E-state index contributed by atoms with van der Waals surface area (Å²) in [4.78, 5) is 25.5. The minimum atomic E-state index is -3.38. The van der Waals surface area contributed by atoms with Crippen LogP contribution in [0, 0.1) is 0 Å². The van der Waals surface area contributed by atoms with Crippen molar-refractivity contribution in [3.05, 3.63) is 82.0 Å². The molecule has 150 valence electrons. The number of rotatable bonds is 7. The Hall–Kier alpha value is -3.17. The van der Waals surface area contributed by atoms with E-state index in [1.165, 1.54) is 11.3 Å². The molecular formula is C20H19N3O4S2. The Morgan fingerprint density at radius 2 is 1.76 bits per heavy atom. The smallest absolute Gasteiger partial charge is 0.265 e. The van der Waals surface area contributed by atoms with Gasteiger partial charge in [-0.2, -0.15) is 0 Å². The summed E-state index contributed by atoms with van der Waals surface area (Å²) in [6, 6.07) is 17.0. The van der Waals surface area contributed by atoms with Gasteiger partial charge in [-0.25, -0.2) is 8.42 Å². The van der Waals surface area contributed by atoms with Gasteiger partial charge in [0.25, 0.3) is 11.8 Å². The predicted molar refractivity (Wildman–Crippen MR) is 115 cm³/mol. The van der Waals surface area contributed by atoms with Gasteiger partial charge in [-0.1, -0.05) is 30.3 Å². The number of para-hydroxylation sites is 1. The Bertz CT molecular complexity index is 1130. The van der Waals surface area contributed by atoms with Crippen LogP contribution in [-0.2, 0) is 16.6 Å². The largest absolute Gasteiger partial charge is 0.348 e. The van der Waals surface area contributed by atoms with Crippen molar-refractivity contribution >= 4 is 44.5 Å². The van der Waals surface area contributed by atoms with Gasteiger partial charge < -0.3 is 10.6 Å². The number of benzene rings is 2. The Morgan fingerprint density at radius 1 is 0.966 bits per heavy atom. The summed E-state index contributed by atoms with van der Waals surface area (Å²) in [6.45, 7) is 0.200. The highest BCUT2D eigenvalue weighted by atomic mass is 32.2. The number of thiophene rings is 1. The molecule has 0 radical (unpaired) electrons. The van der Waals surface area contributed by atoms with Crippen molar-refractivity contribution in [3.8, 4) is 0 Å². The van der Waals surface area contributed by atoms with Crippen LogP contribution in [0.1, 0.15) is 25.6 Å². The van der Waals surface area contributed by atoms with E-state index in [9.17, 15) is 18.0 Å². The molecule has 1 aromatic heterocycles. The van der Waals surface area contributed by atoms with Crippen molar-refractivity contribution in [1.29, 1.82) is 0 Å². The fourth-order valence-electron chi connectivity index (χ4n) is 2.62. The average Bonchev–Trinajstić information content (AvgIpc) is 3.20. The molecular weight excluding hydrogens is 410 g/mol. The first kappa shape index (κ1) is 20.6. The van der Waals surface area contributed by atoms with Crippen LogP contribution in [-0.4, -0.2) is 26.5 Å². The zero-order valence-electron chi connectivity index (χ0n) is 15.5. The molecule has 0 saturated heterocycles. The third-order valence-electron chi connectivity index (χ3n) is 3.85. The lowest BCUT2D eigenvalue weighted by Gasteiger charge is -2.12. The minimum absolute atomic E-state index is 0.200. The van der Waals surface area contributed by atoms with Gasteiger partial charge in [0.2, 0.25) is 10.0 Å². The van der Waals surface area contributed by atoms with E-state index in [1.807, 2.05) is 0 Å². The fraction of sp³-hybridized carbons (Fsp3) is 0.100. The Balaban J connectivity index is 1.69. The molecule has 7 nitrogen and oxygen atoms in total. The van der Waals surface area contributed by atoms with E-state index >= 15 is 0 Å². The molecule has 0 aliphatic heterocycles. The van der Waals surface area contributed by atoms with Crippen molar-refractivity contribution < 1.29 is 18.0 Å². The molecule has 0 bridgehead atoms. The normalized spacial score (nSPS) is 10.9. The molecule has 9 heteroatoms. The third kappa shape index (κ3) is 5.90.